The topological polar surface area (TPSA) is 55.4 Å². The van der Waals surface area contributed by atoms with E-state index in [0.29, 0.717) is 27.6 Å². The first-order valence-electron chi connectivity index (χ1n) is 9.41. The Bertz CT molecular complexity index is 1220. The predicted octanol–water partition coefficient (Wildman–Crippen LogP) is 5.74. The molecule has 0 saturated heterocycles. The van der Waals surface area contributed by atoms with Gasteiger partial charge in [-0.1, -0.05) is 78.3 Å². The molecule has 0 bridgehead atoms. The van der Waals surface area contributed by atoms with Gasteiger partial charge in [-0.05, 0) is 29.7 Å². The number of fused-ring (bicyclic) bond motifs is 1. The fraction of sp³-hybridized carbons (Fsp3) is 0.0400. The Balaban J connectivity index is 1.51. The first-order chi connectivity index (χ1) is 14.6. The number of halogens is 1. The van der Waals surface area contributed by atoms with Crippen LogP contribution >= 0.6 is 11.6 Å². The Morgan fingerprint density at radius 2 is 1.57 bits per heavy atom. The average Bonchev–Trinajstić information content (AvgIpc) is 2.79. The van der Waals surface area contributed by atoms with E-state index in [9.17, 15) is 9.59 Å². The Labute approximate surface area is 179 Å². The molecule has 0 atom stereocenters. The second kappa shape index (κ2) is 8.80. The van der Waals surface area contributed by atoms with Gasteiger partial charge in [-0.2, -0.15) is 0 Å². The SMILES string of the molecule is O=C(COc1cccc2ccccc12)Nc1ccc(Cl)cc1C(=O)c1ccccc1. The Morgan fingerprint density at radius 1 is 0.833 bits per heavy atom. The lowest BCUT2D eigenvalue weighted by atomic mass is 10.0. The number of carbonyl (C=O) groups is 2. The highest BCUT2D eigenvalue weighted by Crippen LogP contribution is 2.26. The Morgan fingerprint density at radius 3 is 2.40 bits per heavy atom. The van der Waals surface area contributed by atoms with Crippen molar-refractivity contribution in [2.24, 2.45) is 0 Å². The third-order valence-corrected chi connectivity index (χ3v) is 4.88. The number of hydrogen-bond acceptors (Lipinski definition) is 3. The van der Waals surface area contributed by atoms with E-state index in [1.54, 1.807) is 42.5 Å². The van der Waals surface area contributed by atoms with Crippen molar-refractivity contribution < 1.29 is 14.3 Å². The maximum Gasteiger partial charge on any atom is 0.262 e. The Hall–Kier alpha value is -3.63. The smallest absolute Gasteiger partial charge is 0.262 e. The normalized spacial score (nSPS) is 10.6. The van der Waals surface area contributed by atoms with E-state index >= 15 is 0 Å². The van der Waals surface area contributed by atoms with Crippen LogP contribution in [-0.2, 0) is 4.79 Å². The van der Waals surface area contributed by atoms with Crippen molar-refractivity contribution in [1.82, 2.24) is 0 Å². The molecule has 0 heterocycles. The van der Waals surface area contributed by atoms with Crippen LogP contribution in [0.25, 0.3) is 10.8 Å². The molecule has 4 nitrogen and oxygen atoms in total. The molecule has 4 rings (SSSR count). The van der Waals surface area contributed by atoms with Crippen molar-refractivity contribution in [3.05, 3.63) is 107 Å². The summed E-state index contributed by atoms with van der Waals surface area (Å²) in [6.07, 6.45) is 0. The number of ketones is 1. The summed E-state index contributed by atoms with van der Waals surface area (Å²) in [6.45, 7) is -0.185. The number of anilines is 1. The van der Waals surface area contributed by atoms with Crippen LogP contribution in [0.3, 0.4) is 0 Å². The highest BCUT2D eigenvalue weighted by atomic mass is 35.5. The van der Waals surface area contributed by atoms with Crippen molar-refractivity contribution in [2.45, 2.75) is 0 Å². The Kier molecular flexibility index (Phi) is 5.77. The van der Waals surface area contributed by atoms with Gasteiger partial charge in [0.05, 0.1) is 5.69 Å². The van der Waals surface area contributed by atoms with Gasteiger partial charge in [0.25, 0.3) is 5.91 Å². The largest absolute Gasteiger partial charge is 0.483 e. The van der Waals surface area contributed by atoms with E-state index in [0.717, 1.165) is 10.8 Å². The first-order valence-corrected chi connectivity index (χ1v) is 9.79. The van der Waals surface area contributed by atoms with Crippen LogP contribution in [0, 0.1) is 0 Å². The average molecular weight is 416 g/mol. The van der Waals surface area contributed by atoms with Gasteiger partial charge in [0.1, 0.15) is 5.75 Å². The summed E-state index contributed by atoms with van der Waals surface area (Å²) in [5.41, 5.74) is 1.23. The van der Waals surface area contributed by atoms with E-state index in [-0.39, 0.29) is 18.3 Å². The van der Waals surface area contributed by atoms with Gasteiger partial charge in [-0.25, -0.2) is 0 Å². The number of amides is 1. The standard InChI is InChI=1S/C25H18ClNO3/c26-19-13-14-22(21(15-19)25(29)18-8-2-1-3-9-18)27-24(28)16-30-23-12-6-10-17-7-4-5-11-20(17)23/h1-15H,16H2,(H,27,28). The molecule has 0 aliphatic heterocycles. The third kappa shape index (κ3) is 4.34. The molecule has 0 unspecified atom stereocenters. The van der Waals surface area contributed by atoms with Crippen LogP contribution in [0.2, 0.25) is 5.02 Å². The molecule has 148 valence electrons. The molecule has 0 fully saturated rings. The number of nitrogens with one attached hydrogen (secondary N) is 1. The molecule has 30 heavy (non-hydrogen) atoms. The molecule has 0 saturated carbocycles. The molecule has 0 aliphatic rings. The zero-order valence-electron chi connectivity index (χ0n) is 16.0. The van der Waals surface area contributed by atoms with Crippen molar-refractivity contribution in [2.75, 3.05) is 11.9 Å². The van der Waals surface area contributed by atoms with Crippen LogP contribution in [0.1, 0.15) is 15.9 Å². The summed E-state index contributed by atoms with van der Waals surface area (Å²) < 4.78 is 5.74. The number of ether oxygens (including phenoxy) is 1. The maximum atomic E-state index is 12.9. The van der Waals surface area contributed by atoms with Crippen LogP contribution in [-0.4, -0.2) is 18.3 Å². The second-order valence-corrected chi connectivity index (χ2v) is 7.14. The summed E-state index contributed by atoms with van der Waals surface area (Å²) in [5, 5.41) is 5.14. The lowest BCUT2D eigenvalue weighted by Crippen LogP contribution is -2.21. The minimum Gasteiger partial charge on any atom is -0.483 e. The molecule has 1 amide bonds. The number of hydrogen-bond donors (Lipinski definition) is 1. The zero-order chi connectivity index (χ0) is 20.9. The molecule has 0 aliphatic carbocycles. The van der Waals surface area contributed by atoms with Crippen LogP contribution in [0.15, 0.2) is 91.0 Å². The van der Waals surface area contributed by atoms with Gasteiger partial charge in [0.2, 0.25) is 0 Å². The molecule has 4 aromatic rings. The van der Waals surface area contributed by atoms with Gasteiger partial charge < -0.3 is 10.1 Å². The molecule has 4 aromatic carbocycles. The van der Waals surface area contributed by atoms with Gasteiger partial charge in [0.15, 0.2) is 12.4 Å². The number of carbonyl (C=O) groups excluding carboxylic acids is 2. The van der Waals surface area contributed by atoms with E-state index < -0.39 is 0 Å². The fourth-order valence-corrected chi connectivity index (χ4v) is 3.38. The van der Waals surface area contributed by atoms with Crippen LogP contribution in [0.4, 0.5) is 5.69 Å². The molecule has 0 spiro atoms. The van der Waals surface area contributed by atoms with Crippen LogP contribution in [0.5, 0.6) is 5.75 Å². The second-order valence-electron chi connectivity index (χ2n) is 6.70. The van der Waals surface area contributed by atoms with Gasteiger partial charge in [-0.15, -0.1) is 0 Å². The quantitative estimate of drug-likeness (QED) is 0.408. The minimum atomic E-state index is -0.368. The molecular weight excluding hydrogens is 398 g/mol. The molecule has 1 N–H and O–H groups in total. The molecule has 0 radical (unpaired) electrons. The zero-order valence-corrected chi connectivity index (χ0v) is 16.7. The van der Waals surface area contributed by atoms with Gasteiger partial charge in [-0.3, -0.25) is 9.59 Å². The highest BCUT2D eigenvalue weighted by molar-refractivity contribution is 6.31. The van der Waals surface area contributed by atoms with Crippen molar-refractivity contribution in [3.63, 3.8) is 0 Å². The summed E-state index contributed by atoms with van der Waals surface area (Å²) in [7, 11) is 0. The van der Waals surface area contributed by atoms with Crippen molar-refractivity contribution in [3.8, 4) is 5.75 Å². The van der Waals surface area contributed by atoms with E-state index in [1.165, 1.54) is 0 Å². The van der Waals surface area contributed by atoms with Crippen LogP contribution < -0.4 is 10.1 Å². The molecular formula is C25H18ClNO3. The van der Waals surface area contributed by atoms with Crippen molar-refractivity contribution in [1.29, 1.82) is 0 Å². The summed E-state index contributed by atoms with van der Waals surface area (Å²) in [4.78, 5) is 25.4. The van der Waals surface area contributed by atoms with Crippen molar-refractivity contribution >= 4 is 39.8 Å². The monoisotopic (exact) mass is 415 g/mol. The highest BCUT2D eigenvalue weighted by Gasteiger charge is 2.16. The van der Waals surface area contributed by atoms with E-state index in [1.807, 2.05) is 48.5 Å². The van der Waals surface area contributed by atoms with Gasteiger partial charge in [0, 0.05) is 21.5 Å². The number of rotatable bonds is 6. The van der Waals surface area contributed by atoms with Gasteiger partial charge >= 0.3 is 0 Å². The molecule has 5 heteroatoms. The van der Waals surface area contributed by atoms with E-state index in [4.69, 9.17) is 16.3 Å². The fourth-order valence-electron chi connectivity index (χ4n) is 3.21. The maximum absolute atomic E-state index is 12.9. The summed E-state index contributed by atoms with van der Waals surface area (Å²) in [5.74, 6) is 0.0377. The third-order valence-electron chi connectivity index (χ3n) is 4.64. The summed E-state index contributed by atoms with van der Waals surface area (Å²) >= 11 is 6.09. The lowest BCUT2D eigenvalue weighted by Gasteiger charge is -2.13. The predicted molar refractivity (Wildman–Crippen MR) is 119 cm³/mol. The van der Waals surface area contributed by atoms with E-state index in [2.05, 4.69) is 5.32 Å². The summed E-state index contributed by atoms with van der Waals surface area (Å²) in [6, 6.07) is 27.1. The lowest BCUT2D eigenvalue weighted by molar-refractivity contribution is -0.118. The number of benzene rings is 4. The molecule has 0 aromatic heterocycles. The first kappa shape index (κ1) is 19.7. The minimum absolute atomic E-state index is 0.185.